The first-order valence-corrected chi connectivity index (χ1v) is 11.2. The van der Waals surface area contributed by atoms with Gasteiger partial charge < -0.3 is 10.1 Å². The number of halogens is 1. The normalized spacial score (nSPS) is 22.3. The highest BCUT2D eigenvalue weighted by atomic mass is 35.5. The minimum Gasteiger partial charge on any atom is -0.490 e. The fourth-order valence-electron chi connectivity index (χ4n) is 4.44. The predicted octanol–water partition coefficient (Wildman–Crippen LogP) is 5.03. The number of amides is 1. The van der Waals surface area contributed by atoms with Crippen molar-refractivity contribution in [3.05, 3.63) is 46.7 Å². The Hall–Kier alpha value is -2.52. The van der Waals surface area contributed by atoms with Crippen LogP contribution in [0.3, 0.4) is 0 Å². The molecule has 1 heterocycles. The Bertz CT molecular complexity index is 922. The van der Waals surface area contributed by atoms with Crippen LogP contribution < -0.4 is 10.1 Å². The molecular formula is C23H27ClN4O2. The number of carbonyl (C=O) groups excluding carboxylic acids is 1. The van der Waals surface area contributed by atoms with E-state index in [0.717, 1.165) is 38.5 Å². The van der Waals surface area contributed by atoms with E-state index in [1.54, 1.807) is 18.2 Å². The molecule has 2 aromatic rings. The lowest BCUT2D eigenvalue weighted by atomic mass is 9.93. The maximum atomic E-state index is 12.6. The van der Waals surface area contributed by atoms with Gasteiger partial charge in [0.25, 0.3) is 5.91 Å². The smallest absolute Gasteiger partial charge is 0.271 e. The molecular weight excluding hydrogens is 400 g/mol. The highest BCUT2D eigenvalue weighted by Crippen LogP contribution is 2.28. The summed E-state index contributed by atoms with van der Waals surface area (Å²) in [5, 5.41) is 17.0. The number of nitrogens with zero attached hydrogens (tertiary/aromatic N) is 3. The zero-order valence-corrected chi connectivity index (χ0v) is 17.8. The maximum Gasteiger partial charge on any atom is 0.271 e. The summed E-state index contributed by atoms with van der Waals surface area (Å²) in [6, 6.07) is 9.60. The summed E-state index contributed by atoms with van der Waals surface area (Å²) in [7, 11) is 0. The van der Waals surface area contributed by atoms with Crippen molar-refractivity contribution in [1.29, 1.82) is 5.26 Å². The predicted molar refractivity (Wildman–Crippen MR) is 115 cm³/mol. The van der Waals surface area contributed by atoms with Gasteiger partial charge in [0, 0.05) is 18.3 Å². The van der Waals surface area contributed by atoms with Crippen LogP contribution in [0.15, 0.2) is 30.5 Å². The van der Waals surface area contributed by atoms with Crippen molar-refractivity contribution in [2.75, 3.05) is 0 Å². The molecule has 1 amide bonds. The summed E-state index contributed by atoms with van der Waals surface area (Å²) in [6.45, 7) is 0. The number of aromatic nitrogens is 2. The molecule has 4 rings (SSSR count). The van der Waals surface area contributed by atoms with Crippen LogP contribution in [0.25, 0.3) is 0 Å². The summed E-state index contributed by atoms with van der Waals surface area (Å²) in [6.07, 6.45) is 11.6. The van der Waals surface area contributed by atoms with Gasteiger partial charge in [0.2, 0.25) is 0 Å². The minimum absolute atomic E-state index is 0.0900. The molecule has 0 saturated heterocycles. The molecule has 0 radical (unpaired) electrons. The van der Waals surface area contributed by atoms with E-state index in [1.807, 2.05) is 23.0 Å². The van der Waals surface area contributed by atoms with Crippen molar-refractivity contribution in [3.8, 4) is 11.8 Å². The van der Waals surface area contributed by atoms with Crippen molar-refractivity contribution in [3.63, 3.8) is 0 Å². The second kappa shape index (κ2) is 9.53. The molecule has 2 aliphatic carbocycles. The average molecular weight is 427 g/mol. The Kier molecular flexibility index (Phi) is 6.59. The van der Waals surface area contributed by atoms with E-state index in [4.69, 9.17) is 21.6 Å². The van der Waals surface area contributed by atoms with E-state index < -0.39 is 0 Å². The quantitative estimate of drug-likeness (QED) is 0.726. The fraction of sp³-hybridized carbons (Fsp3) is 0.522. The number of hydrogen-bond acceptors (Lipinski definition) is 4. The standard InChI is InChI=1S/C23H27ClN4O2/c24-21-14-20(9-6-16(21)15-25)30-19-10-7-17(8-11-19)26-23(29)22-12-13-28(27-22)18-4-2-1-3-5-18/h6,9,12-14,17-19H,1-5,7-8,10-11H2,(H,26,29). The van der Waals surface area contributed by atoms with Crippen LogP contribution in [-0.4, -0.2) is 27.8 Å². The Morgan fingerprint density at radius 2 is 1.90 bits per heavy atom. The highest BCUT2D eigenvalue weighted by Gasteiger charge is 2.25. The van der Waals surface area contributed by atoms with Crippen molar-refractivity contribution >= 4 is 17.5 Å². The summed E-state index contributed by atoms with van der Waals surface area (Å²) in [5.41, 5.74) is 0.951. The van der Waals surface area contributed by atoms with Gasteiger partial charge in [-0.2, -0.15) is 10.4 Å². The van der Waals surface area contributed by atoms with Gasteiger partial charge in [0.15, 0.2) is 0 Å². The number of ether oxygens (including phenoxy) is 1. The first kappa shape index (κ1) is 20.7. The first-order valence-electron chi connectivity index (χ1n) is 10.8. The van der Waals surface area contributed by atoms with Gasteiger partial charge in [-0.3, -0.25) is 9.48 Å². The van der Waals surface area contributed by atoms with Gasteiger partial charge in [-0.1, -0.05) is 30.9 Å². The summed E-state index contributed by atoms with van der Waals surface area (Å²) < 4.78 is 8.00. The largest absolute Gasteiger partial charge is 0.490 e. The monoisotopic (exact) mass is 426 g/mol. The SMILES string of the molecule is N#Cc1ccc(OC2CCC(NC(=O)c3ccn(C4CCCCC4)n3)CC2)cc1Cl. The molecule has 0 spiro atoms. The van der Waals surface area contributed by atoms with E-state index in [0.29, 0.717) is 28.1 Å². The third-order valence-electron chi connectivity index (χ3n) is 6.16. The van der Waals surface area contributed by atoms with Crippen LogP contribution in [0.2, 0.25) is 5.02 Å². The molecule has 158 valence electrons. The lowest BCUT2D eigenvalue weighted by Crippen LogP contribution is -2.39. The van der Waals surface area contributed by atoms with E-state index >= 15 is 0 Å². The molecule has 2 fully saturated rings. The van der Waals surface area contributed by atoms with Crippen molar-refractivity contribution in [2.24, 2.45) is 0 Å². The second-order valence-electron chi connectivity index (χ2n) is 8.29. The topological polar surface area (TPSA) is 79.9 Å². The Labute approximate surface area is 182 Å². The molecule has 2 saturated carbocycles. The molecule has 0 aliphatic heterocycles. The average Bonchev–Trinajstić information content (AvgIpc) is 3.26. The molecule has 6 nitrogen and oxygen atoms in total. The Balaban J connectivity index is 1.25. The zero-order valence-electron chi connectivity index (χ0n) is 17.0. The molecule has 0 bridgehead atoms. The maximum absolute atomic E-state index is 12.6. The molecule has 1 N–H and O–H groups in total. The van der Waals surface area contributed by atoms with Gasteiger partial charge >= 0.3 is 0 Å². The molecule has 30 heavy (non-hydrogen) atoms. The fourth-order valence-corrected chi connectivity index (χ4v) is 4.66. The van der Waals surface area contributed by atoms with Gasteiger partial charge in [-0.15, -0.1) is 0 Å². The van der Waals surface area contributed by atoms with E-state index in [1.165, 1.54) is 19.3 Å². The second-order valence-corrected chi connectivity index (χ2v) is 8.70. The first-order chi connectivity index (χ1) is 14.6. The van der Waals surface area contributed by atoms with Crippen LogP contribution in [-0.2, 0) is 0 Å². The van der Waals surface area contributed by atoms with Crippen LogP contribution in [0.4, 0.5) is 0 Å². The summed E-state index contributed by atoms with van der Waals surface area (Å²) >= 11 is 6.08. The molecule has 7 heteroatoms. The molecule has 0 unspecified atom stereocenters. The van der Waals surface area contributed by atoms with Gasteiger partial charge in [-0.05, 0) is 56.7 Å². The van der Waals surface area contributed by atoms with Crippen LogP contribution in [0, 0.1) is 11.3 Å². The molecule has 2 aliphatic rings. The van der Waals surface area contributed by atoms with Crippen LogP contribution >= 0.6 is 11.6 Å². The number of nitriles is 1. The van der Waals surface area contributed by atoms with Crippen molar-refractivity contribution in [1.82, 2.24) is 15.1 Å². The summed E-state index contributed by atoms with van der Waals surface area (Å²) in [4.78, 5) is 12.6. The van der Waals surface area contributed by atoms with E-state index in [2.05, 4.69) is 10.4 Å². The zero-order chi connectivity index (χ0) is 20.9. The number of rotatable bonds is 5. The number of nitrogens with one attached hydrogen (secondary N) is 1. The van der Waals surface area contributed by atoms with E-state index in [-0.39, 0.29) is 18.1 Å². The molecule has 1 aromatic carbocycles. The third-order valence-corrected chi connectivity index (χ3v) is 6.48. The van der Waals surface area contributed by atoms with Crippen molar-refractivity contribution < 1.29 is 9.53 Å². The Morgan fingerprint density at radius 3 is 2.60 bits per heavy atom. The number of carbonyl (C=O) groups is 1. The van der Waals surface area contributed by atoms with Crippen molar-refractivity contribution in [2.45, 2.75) is 76.0 Å². The van der Waals surface area contributed by atoms with E-state index in [9.17, 15) is 4.79 Å². The lowest BCUT2D eigenvalue weighted by molar-refractivity contribution is 0.0887. The van der Waals surface area contributed by atoms with Gasteiger partial charge in [0.05, 0.1) is 22.7 Å². The van der Waals surface area contributed by atoms with Gasteiger partial charge in [-0.25, -0.2) is 0 Å². The molecule has 1 aromatic heterocycles. The van der Waals surface area contributed by atoms with Gasteiger partial charge in [0.1, 0.15) is 17.5 Å². The highest BCUT2D eigenvalue weighted by molar-refractivity contribution is 6.31. The van der Waals surface area contributed by atoms with Crippen LogP contribution in [0.1, 0.15) is 79.9 Å². The minimum atomic E-state index is -0.0900. The number of hydrogen-bond donors (Lipinski definition) is 1. The van der Waals surface area contributed by atoms with Crippen LogP contribution in [0.5, 0.6) is 5.75 Å². The molecule has 0 atom stereocenters. The lowest BCUT2D eigenvalue weighted by Gasteiger charge is -2.29. The Morgan fingerprint density at radius 1 is 1.13 bits per heavy atom. The summed E-state index contributed by atoms with van der Waals surface area (Å²) in [5.74, 6) is 0.590. The third kappa shape index (κ3) is 4.96. The number of benzene rings is 1.